The Morgan fingerprint density at radius 3 is 2.83 bits per heavy atom. The quantitative estimate of drug-likeness (QED) is 0.837. The molecule has 0 bridgehead atoms. The second-order valence-electron chi connectivity index (χ2n) is 5.71. The Balaban J connectivity index is 1.84. The molecule has 0 aliphatic carbocycles. The van der Waals surface area contributed by atoms with Gasteiger partial charge in [0.05, 0.1) is 17.8 Å². The van der Waals surface area contributed by atoms with Gasteiger partial charge in [-0.1, -0.05) is 29.8 Å². The van der Waals surface area contributed by atoms with E-state index in [9.17, 15) is 0 Å². The van der Waals surface area contributed by atoms with Gasteiger partial charge in [0.1, 0.15) is 0 Å². The van der Waals surface area contributed by atoms with Crippen molar-refractivity contribution in [3.63, 3.8) is 0 Å². The van der Waals surface area contributed by atoms with E-state index in [0.29, 0.717) is 16.8 Å². The molecule has 2 heterocycles. The summed E-state index contributed by atoms with van der Waals surface area (Å²) in [5.41, 5.74) is 2.70. The van der Waals surface area contributed by atoms with Crippen LogP contribution in [0, 0.1) is 5.92 Å². The van der Waals surface area contributed by atoms with E-state index in [0.717, 1.165) is 40.9 Å². The van der Waals surface area contributed by atoms with Gasteiger partial charge in [-0.15, -0.1) is 0 Å². The number of hydrogen-bond acceptors (Lipinski definition) is 4. The van der Waals surface area contributed by atoms with Crippen LogP contribution in [0.5, 0.6) is 5.88 Å². The first-order chi connectivity index (χ1) is 11.1. The molecule has 1 aliphatic rings. The van der Waals surface area contributed by atoms with Crippen molar-refractivity contribution >= 4 is 27.5 Å². The van der Waals surface area contributed by atoms with Gasteiger partial charge in [0, 0.05) is 47.8 Å². The largest absolute Gasteiger partial charge is 0.481 e. The number of pyridine rings is 1. The Kier molecular flexibility index (Phi) is 5.21. The topological polar surface area (TPSA) is 45.6 Å². The fraction of sp³-hybridized carbons (Fsp3) is 0.353. The molecule has 1 aliphatic heterocycles. The highest BCUT2D eigenvalue weighted by Crippen LogP contribution is 2.34. The third-order valence-electron chi connectivity index (χ3n) is 4.04. The first kappa shape index (κ1) is 16.7. The van der Waals surface area contributed by atoms with Crippen LogP contribution in [-0.2, 0) is 6.54 Å². The Morgan fingerprint density at radius 2 is 2.13 bits per heavy atom. The lowest BCUT2D eigenvalue weighted by Crippen LogP contribution is -2.47. The average Bonchev–Trinajstić information content (AvgIpc) is 2.53. The van der Waals surface area contributed by atoms with E-state index in [4.69, 9.17) is 21.4 Å². The van der Waals surface area contributed by atoms with E-state index in [1.54, 1.807) is 7.11 Å². The van der Waals surface area contributed by atoms with Crippen LogP contribution in [0.15, 0.2) is 34.8 Å². The second-order valence-corrected chi connectivity index (χ2v) is 6.94. The molecule has 1 N–H and O–H groups in total. The van der Waals surface area contributed by atoms with Gasteiger partial charge in [0.2, 0.25) is 5.88 Å². The number of aliphatic hydroxyl groups is 1. The van der Waals surface area contributed by atoms with E-state index in [1.165, 1.54) is 0 Å². The van der Waals surface area contributed by atoms with E-state index in [1.807, 2.05) is 30.3 Å². The van der Waals surface area contributed by atoms with Gasteiger partial charge in [-0.3, -0.25) is 4.90 Å². The van der Waals surface area contributed by atoms with Gasteiger partial charge in [-0.2, -0.15) is 0 Å². The Hall–Kier alpha value is -1.14. The Bertz CT molecular complexity index is 705. The molecule has 6 heteroatoms. The van der Waals surface area contributed by atoms with Crippen molar-refractivity contribution in [1.82, 2.24) is 9.88 Å². The highest BCUT2D eigenvalue weighted by atomic mass is 79.9. The highest BCUT2D eigenvalue weighted by Gasteiger charge is 2.26. The summed E-state index contributed by atoms with van der Waals surface area (Å²) in [5.74, 6) is 1.01. The summed E-state index contributed by atoms with van der Waals surface area (Å²) >= 11 is 9.79. The predicted molar refractivity (Wildman–Crippen MR) is 94.8 cm³/mol. The summed E-state index contributed by atoms with van der Waals surface area (Å²) in [6.07, 6.45) is 0. The fourth-order valence-electron chi connectivity index (χ4n) is 2.78. The van der Waals surface area contributed by atoms with Crippen molar-refractivity contribution < 1.29 is 9.84 Å². The maximum atomic E-state index is 9.10. The zero-order valence-electron chi connectivity index (χ0n) is 12.8. The lowest BCUT2D eigenvalue weighted by atomic mass is 10.0. The molecule has 1 saturated heterocycles. The van der Waals surface area contributed by atoms with Crippen LogP contribution in [0.25, 0.3) is 11.3 Å². The third kappa shape index (κ3) is 3.53. The molecule has 23 heavy (non-hydrogen) atoms. The van der Waals surface area contributed by atoms with Gasteiger partial charge in [-0.05, 0) is 28.1 Å². The number of halogens is 2. The molecule has 1 fully saturated rings. The van der Waals surface area contributed by atoms with Crippen LogP contribution in [0.3, 0.4) is 0 Å². The lowest BCUT2D eigenvalue weighted by Gasteiger charge is -2.38. The van der Waals surface area contributed by atoms with Crippen molar-refractivity contribution in [3.8, 4) is 17.1 Å². The fourth-order valence-corrected chi connectivity index (χ4v) is 3.37. The molecule has 0 spiro atoms. The van der Waals surface area contributed by atoms with Crippen molar-refractivity contribution in [1.29, 1.82) is 0 Å². The number of hydrogen-bond donors (Lipinski definition) is 1. The number of aliphatic hydroxyl groups excluding tert-OH is 1. The molecule has 3 rings (SSSR count). The summed E-state index contributed by atoms with van der Waals surface area (Å²) in [4.78, 5) is 6.88. The van der Waals surface area contributed by atoms with Gasteiger partial charge >= 0.3 is 0 Å². The minimum absolute atomic E-state index is 0.256. The number of ether oxygens (including phenoxy) is 1. The summed E-state index contributed by atoms with van der Waals surface area (Å²) in [6.45, 7) is 2.86. The molecule has 0 unspecified atom stereocenters. The number of aromatic nitrogens is 1. The molecule has 0 atom stereocenters. The van der Waals surface area contributed by atoms with E-state index in [2.05, 4.69) is 25.8 Å². The van der Waals surface area contributed by atoms with Gasteiger partial charge < -0.3 is 9.84 Å². The third-order valence-corrected chi connectivity index (χ3v) is 5.34. The minimum Gasteiger partial charge on any atom is -0.481 e. The van der Waals surface area contributed by atoms with E-state index >= 15 is 0 Å². The summed E-state index contributed by atoms with van der Waals surface area (Å²) < 4.78 is 6.30. The lowest BCUT2D eigenvalue weighted by molar-refractivity contribution is 0.0472. The number of methoxy groups -OCH3 is 1. The maximum absolute atomic E-state index is 9.10. The van der Waals surface area contributed by atoms with Crippen molar-refractivity contribution in [2.75, 3.05) is 26.8 Å². The van der Waals surface area contributed by atoms with Gasteiger partial charge in [0.25, 0.3) is 0 Å². The Labute approximate surface area is 149 Å². The molecule has 0 radical (unpaired) electrons. The molecule has 0 saturated carbocycles. The van der Waals surface area contributed by atoms with Gasteiger partial charge in [-0.25, -0.2) is 4.98 Å². The molecule has 4 nitrogen and oxygen atoms in total. The van der Waals surface area contributed by atoms with Crippen LogP contribution in [-0.4, -0.2) is 41.8 Å². The minimum atomic E-state index is 0.256. The van der Waals surface area contributed by atoms with Crippen LogP contribution in [0.2, 0.25) is 5.02 Å². The van der Waals surface area contributed by atoms with Crippen LogP contribution in [0.4, 0.5) is 0 Å². The number of benzene rings is 1. The van der Waals surface area contributed by atoms with Crippen molar-refractivity contribution in [2.45, 2.75) is 6.54 Å². The molecular weight excluding hydrogens is 380 g/mol. The van der Waals surface area contributed by atoms with Crippen LogP contribution in [0.1, 0.15) is 5.56 Å². The first-order valence-electron chi connectivity index (χ1n) is 7.44. The zero-order chi connectivity index (χ0) is 16.4. The maximum Gasteiger partial charge on any atom is 0.218 e. The molecule has 0 amide bonds. The van der Waals surface area contributed by atoms with E-state index < -0.39 is 0 Å². The zero-order valence-corrected chi connectivity index (χ0v) is 15.1. The first-order valence-corrected chi connectivity index (χ1v) is 8.61. The molecular formula is C17H18BrClN2O2. The normalized spacial score (nSPS) is 15.5. The SMILES string of the molecule is COc1nc(-c2cccc(Br)c2Cl)ccc1CN1CC(CO)C1. The summed E-state index contributed by atoms with van der Waals surface area (Å²) in [7, 11) is 1.63. The smallest absolute Gasteiger partial charge is 0.218 e. The summed E-state index contributed by atoms with van der Waals surface area (Å²) in [5, 5.41) is 9.74. The molecule has 1 aromatic carbocycles. The van der Waals surface area contributed by atoms with Crippen LogP contribution >= 0.6 is 27.5 Å². The predicted octanol–water partition coefficient (Wildman–Crippen LogP) is 3.60. The summed E-state index contributed by atoms with van der Waals surface area (Å²) in [6, 6.07) is 9.77. The average molecular weight is 398 g/mol. The molecule has 2 aromatic rings. The van der Waals surface area contributed by atoms with Crippen LogP contribution < -0.4 is 4.74 Å². The van der Waals surface area contributed by atoms with Crippen molar-refractivity contribution in [3.05, 3.63) is 45.4 Å². The highest BCUT2D eigenvalue weighted by molar-refractivity contribution is 9.10. The molecule has 1 aromatic heterocycles. The van der Waals surface area contributed by atoms with Crippen molar-refractivity contribution in [2.24, 2.45) is 5.92 Å². The number of likely N-dealkylation sites (tertiary alicyclic amines) is 1. The Morgan fingerprint density at radius 1 is 1.35 bits per heavy atom. The van der Waals surface area contributed by atoms with E-state index in [-0.39, 0.29) is 6.61 Å². The van der Waals surface area contributed by atoms with Gasteiger partial charge in [0.15, 0.2) is 0 Å². The second kappa shape index (κ2) is 7.18. The number of rotatable bonds is 5. The monoisotopic (exact) mass is 396 g/mol. The molecule has 122 valence electrons. The number of nitrogens with zero attached hydrogens (tertiary/aromatic N) is 2. The standard InChI is InChI=1S/C17H18BrClN2O2/c1-23-17-12(9-21-7-11(8-21)10-22)5-6-15(20-17)13-3-2-4-14(18)16(13)19/h2-6,11,22H,7-10H2,1H3.